The molecule has 0 unspecified atom stereocenters. The quantitative estimate of drug-likeness (QED) is 0.563. The Morgan fingerprint density at radius 3 is 1.70 bits per heavy atom. The van der Waals surface area contributed by atoms with E-state index in [1.54, 1.807) is 0 Å². The van der Waals surface area contributed by atoms with Crippen molar-refractivity contribution in [2.24, 2.45) is 0 Å². The highest BCUT2D eigenvalue weighted by Gasteiger charge is 1.94. The van der Waals surface area contributed by atoms with Crippen molar-refractivity contribution in [3.05, 3.63) is 66.2 Å². The van der Waals surface area contributed by atoms with E-state index in [1.165, 1.54) is 5.56 Å². The predicted molar refractivity (Wildman–Crippen MR) is 89.7 cm³/mol. The van der Waals surface area contributed by atoms with E-state index in [9.17, 15) is 0 Å². The van der Waals surface area contributed by atoms with Crippen LogP contribution < -0.4 is 4.74 Å². The zero-order chi connectivity index (χ0) is 16.0. The number of hydrogen-bond acceptors (Lipinski definition) is 4. The van der Waals surface area contributed by atoms with Gasteiger partial charge in [0.2, 0.25) is 0 Å². The monoisotopic (exact) mass is 316 g/mol. The van der Waals surface area contributed by atoms with E-state index in [-0.39, 0.29) is 0 Å². The molecule has 0 saturated heterocycles. The molecule has 0 heterocycles. The van der Waals surface area contributed by atoms with Gasteiger partial charge in [-0.1, -0.05) is 48.5 Å². The lowest BCUT2D eigenvalue weighted by Crippen LogP contribution is -2.12. The zero-order valence-electron chi connectivity index (χ0n) is 13.4. The van der Waals surface area contributed by atoms with Gasteiger partial charge < -0.3 is 18.9 Å². The number of ether oxygens (including phenoxy) is 4. The molecule has 2 rings (SSSR count). The molecule has 23 heavy (non-hydrogen) atoms. The van der Waals surface area contributed by atoms with Crippen LogP contribution in [0.2, 0.25) is 0 Å². The summed E-state index contributed by atoms with van der Waals surface area (Å²) in [6, 6.07) is 19.8. The average Bonchev–Trinajstić information content (AvgIpc) is 2.61. The lowest BCUT2D eigenvalue weighted by molar-refractivity contribution is 0.00597. The fourth-order valence-electron chi connectivity index (χ4n) is 1.94. The fraction of sp³-hybridized carbons (Fsp3) is 0.368. The van der Waals surface area contributed by atoms with Crippen LogP contribution in [-0.4, -0.2) is 39.6 Å². The smallest absolute Gasteiger partial charge is 0.119 e. The van der Waals surface area contributed by atoms with Crippen LogP contribution in [0.1, 0.15) is 5.56 Å². The molecule has 0 bridgehead atoms. The fourth-order valence-corrected chi connectivity index (χ4v) is 1.94. The van der Waals surface area contributed by atoms with Crippen molar-refractivity contribution in [1.29, 1.82) is 0 Å². The van der Waals surface area contributed by atoms with Crippen LogP contribution in [-0.2, 0) is 20.8 Å². The van der Waals surface area contributed by atoms with E-state index >= 15 is 0 Å². The van der Waals surface area contributed by atoms with Gasteiger partial charge in [0.15, 0.2) is 0 Å². The molecule has 2 aromatic rings. The predicted octanol–water partition coefficient (Wildman–Crippen LogP) is 3.32. The molecule has 0 atom stereocenters. The standard InChI is InChI=1S/C19H24O4/c1-3-7-18(8-4-1)17-22-14-13-20-11-12-21-15-16-23-19-9-5-2-6-10-19/h1-10H,11-17H2. The van der Waals surface area contributed by atoms with Gasteiger partial charge >= 0.3 is 0 Å². The maximum Gasteiger partial charge on any atom is 0.119 e. The third-order valence-electron chi connectivity index (χ3n) is 3.10. The Morgan fingerprint density at radius 2 is 1.04 bits per heavy atom. The first-order valence-electron chi connectivity index (χ1n) is 7.90. The van der Waals surface area contributed by atoms with Crippen molar-refractivity contribution in [2.75, 3.05) is 39.6 Å². The van der Waals surface area contributed by atoms with Gasteiger partial charge in [-0.3, -0.25) is 0 Å². The van der Waals surface area contributed by atoms with Gasteiger partial charge in [-0.15, -0.1) is 0 Å². The normalized spacial score (nSPS) is 10.6. The highest BCUT2D eigenvalue weighted by atomic mass is 16.6. The minimum Gasteiger partial charge on any atom is -0.491 e. The molecule has 0 aliphatic rings. The second kappa shape index (κ2) is 11.7. The molecule has 0 aromatic heterocycles. The number of para-hydroxylation sites is 1. The Morgan fingerprint density at radius 1 is 0.522 bits per heavy atom. The van der Waals surface area contributed by atoms with Gasteiger partial charge in [0.25, 0.3) is 0 Å². The SMILES string of the molecule is c1ccc(COCCOCCOCCOc2ccccc2)cc1. The number of rotatable bonds is 12. The first kappa shape index (κ1) is 17.5. The average molecular weight is 316 g/mol. The van der Waals surface area contributed by atoms with E-state index in [1.807, 2.05) is 60.7 Å². The maximum atomic E-state index is 5.53. The molecule has 0 saturated carbocycles. The molecule has 4 nitrogen and oxygen atoms in total. The maximum absolute atomic E-state index is 5.53. The third kappa shape index (κ3) is 8.35. The van der Waals surface area contributed by atoms with Gasteiger partial charge in [-0.25, -0.2) is 0 Å². The van der Waals surface area contributed by atoms with Gasteiger partial charge in [0, 0.05) is 0 Å². The first-order chi connectivity index (χ1) is 11.4. The lowest BCUT2D eigenvalue weighted by Gasteiger charge is -2.08. The number of benzene rings is 2. The van der Waals surface area contributed by atoms with Gasteiger partial charge in [-0.05, 0) is 17.7 Å². The summed E-state index contributed by atoms with van der Waals surface area (Å²) in [7, 11) is 0. The molecule has 0 spiro atoms. The van der Waals surface area contributed by atoms with Crippen molar-refractivity contribution in [1.82, 2.24) is 0 Å². The summed E-state index contributed by atoms with van der Waals surface area (Å²) in [5.74, 6) is 0.864. The molecule has 0 amide bonds. The molecule has 4 heteroatoms. The molecule has 0 aliphatic carbocycles. The van der Waals surface area contributed by atoms with Crippen LogP contribution in [0.3, 0.4) is 0 Å². The largest absolute Gasteiger partial charge is 0.491 e. The van der Waals surface area contributed by atoms with Crippen LogP contribution in [0.25, 0.3) is 0 Å². The minimum absolute atomic E-state index is 0.546. The molecular weight excluding hydrogens is 292 g/mol. The summed E-state index contributed by atoms with van der Waals surface area (Å²) < 4.78 is 21.9. The second-order valence-corrected chi connectivity index (χ2v) is 4.92. The Hall–Kier alpha value is -1.88. The summed E-state index contributed by atoms with van der Waals surface area (Å²) in [4.78, 5) is 0. The summed E-state index contributed by atoms with van der Waals surface area (Å²) >= 11 is 0. The van der Waals surface area contributed by atoms with Crippen LogP contribution in [0, 0.1) is 0 Å². The van der Waals surface area contributed by atoms with E-state index in [0.29, 0.717) is 46.2 Å². The topological polar surface area (TPSA) is 36.9 Å². The van der Waals surface area contributed by atoms with Crippen molar-refractivity contribution in [3.8, 4) is 5.75 Å². The van der Waals surface area contributed by atoms with Gasteiger partial charge in [-0.2, -0.15) is 0 Å². The van der Waals surface area contributed by atoms with Crippen LogP contribution >= 0.6 is 0 Å². The molecule has 0 N–H and O–H groups in total. The van der Waals surface area contributed by atoms with Crippen LogP contribution in [0.5, 0.6) is 5.75 Å². The Kier molecular flexibility index (Phi) is 8.86. The van der Waals surface area contributed by atoms with Crippen LogP contribution in [0.15, 0.2) is 60.7 Å². The molecular formula is C19H24O4. The molecule has 2 aromatic carbocycles. The second-order valence-electron chi connectivity index (χ2n) is 4.92. The summed E-state index contributed by atoms with van der Waals surface area (Å²) in [5, 5.41) is 0. The van der Waals surface area contributed by atoms with Crippen molar-refractivity contribution in [2.45, 2.75) is 6.61 Å². The molecule has 0 radical (unpaired) electrons. The molecule has 124 valence electrons. The van der Waals surface area contributed by atoms with E-state index in [2.05, 4.69) is 0 Å². The van der Waals surface area contributed by atoms with E-state index < -0.39 is 0 Å². The summed E-state index contributed by atoms with van der Waals surface area (Å²) in [5.41, 5.74) is 1.18. The summed E-state index contributed by atoms with van der Waals surface area (Å²) in [6.45, 7) is 4.03. The van der Waals surface area contributed by atoms with Crippen molar-refractivity contribution in [3.63, 3.8) is 0 Å². The highest BCUT2D eigenvalue weighted by molar-refractivity contribution is 5.20. The van der Waals surface area contributed by atoms with Crippen molar-refractivity contribution < 1.29 is 18.9 Å². The van der Waals surface area contributed by atoms with E-state index in [0.717, 1.165) is 5.75 Å². The number of hydrogen-bond donors (Lipinski definition) is 0. The van der Waals surface area contributed by atoms with Gasteiger partial charge in [0.1, 0.15) is 12.4 Å². The Balaban J connectivity index is 1.34. The van der Waals surface area contributed by atoms with Crippen LogP contribution in [0.4, 0.5) is 0 Å². The molecule has 0 fully saturated rings. The van der Waals surface area contributed by atoms with E-state index in [4.69, 9.17) is 18.9 Å². The highest BCUT2D eigenvalue weighted by Crippen LogP contribution is 2.07. The summed E-state index contributed by atoms with van der Waals surface area (Å²) in [6.07, 6.45) is 0. The third-order valence-corrected chi connectivity index (χ3v) is 3.10. The van der Waals surface area contributed by atoms with Gasteiger partial charge in [0.05, 0.1) is 39.6 Å². The Bertz CT molecular complexity index is 454. The lowest BCUT2D eigenvalue weighted by atomic mass is 10.2. The first-order valence-corrected chi connectivity index (χ1v) is 7.90. The zero-order valence-corrected chi connectivity index (χ0v) is 13.4. The molecule has 0 aliphatic heterocycles. The Labute approximate surface area is 137 Å². The van der Waals surface area contributed by atoms with Crippen molar-refractivity contribution >= 4 is 0 Å². The minimum atomic E-state index is 0.546.